The Hall–Kier alpha value is -2.96. The van der Waals surface area contributed by atoms with Crippen LogP contribution < -0.4 is 10.6 Å². The van der Waals surface area contributed by atoms with Crippen LogP contribution in [0.5, 0.6) is 0 Å². The minimum Gasteiger partial charge on any atom is -0.382 e. The van der Waals surface area contributed by atoms with Crippen molar-refractivity contribution in [2.75, 3.05) is 17.2 Å². The van der Waals surface area contributed by atoms with Crippen molar-refractivity contribution in [3.8, 4) is 0 Å². The lowest BCUT2D eigenvalue weighted by Gasteiger charge is -2.08. The third-order valence-electron chi connectivity index (χ3n) is 3.17. The van der Waals surface area contributed by atoms with Crippen molar-refractivity contribution in [1.82, 2.24) is 0 Å². The van der Waals surface area contributed by atoms with E-state index in [1.807, 2.05) is 12.1 Å². The van der Waals surface area contributed by atoms with Gasteiger partial charge >= 0.3 is 0 Å². The number of carbonyl (C=O) groups excluding carboxylic acids is 1. The zero-order valence-corrected chi connectivity index (χ0v) is 12.5. The van der Waals surface area contributed by atoms with E-state index in [9.17, 15) is 19.3 Å². The van der Waals surface area contributed by atoms with Crippen LogP contribution in [-0.2, 0) is 11.2 Å². The third-order valence-corrected chi connectivity index (χ3v) is 3.17. The number of carbonyl (C=O) groups is 1. The lowest BCUT2D eigenvalue weighted by molar-refractivity contribution is -0.385. The number of non-ortho nitro benzene ring substituents is 1. The van der Waals surface area contributed by atoms with Gasteiger partial charge in [0.2, 0.25) is 5.91 Å². The third kappa shape index (κ3) is 4.77. The van der Waals surface area contributed by atoms with Gasteiger partial charge in [0.15, 0.2) is 5.82 Å². The second kappa shape index (κ2) is 7.35. The van der Waals surface area contributed by atoms with E-state index in [-0.39, 0.29) is 17.3 Å². The summed E-state index contributed by atoms with van der Waals surface area (Å²) in [6.45, 7) is 1.92. The number of rotatable bonds is 6. The summed E-state index contributed by atoms with van der Waals surface area (Å²) in [5, 5.41) is 16.1. The SMILES string of the molecule is CC(=O)Nc1ccc(CCNc2ccc([N+](=O)[O-])cc2F)cc1. The number of hydrogen-bond acceptors (Lipinski definition) is 4. The highest BCUT2D eigenvalue weighted by Crippen LogP contribution is 2.20. The molecule has 0 aliphatic rings. The lowest BCUT2D eigenvalue weighted by atomic mass is 10.1. The first-order chi connectivity index (χ1) is 11.0. The van der Waals surface area contributed by atoms with Gasteiger partial charge in [-0.05, 0) is 30.2 Å². The Labute approximate surface area is 132 Å². The van der Waals surface area contributed by atoms with Crippen LogP contribution in [0.1, 0.15) is 12.5 Å². The van der Waals surface area contributed by atoms with Crippen LogP contribution in [0.4, 0.5) is 21.5 Å². The molecule has 2 aromatic carbocycles. The van der Waals surface area contributed by atoms with Crippen molar-refractivity contribution in [3.63, 3.8) is 0 Å². The molecule has 2 N–H and O–H groups in total. The molecule has 1 amide bonds. The molecule has 0 fully saturated rings. The maximum atomic E-state index is 13.7. The van der Waals surface area contributed by atoms with E-state index < -0.39 is 10.7 Å². The summed E-state index contributed by atoms with van der Waals surface area (Å²) in [5.41, 5.74) is 1.69. The second-order valence-corrected chi connectivity index (χ2v) is 4.98. The highest BCUT2D eigenvalue weighted by molar-refractivity contribution is 5.88. The van der Waals surface area contributed by atoms with Gasteiger partial charge < -0.3 is 10.6 Å². The Kier molecular flexibility index (Phi) is 5.24. The summed E-state index contributed by atoms with van der Waals surface area (Å²) in [5.74, 6) is -0.784. The minimum absolute atomic E-state index is 0.131. The van der Waals surface area contributed by atoms with Crippen LogP contribution in [0, 0.1) is 15.9 Å². The quantitative estimate of drug-likeness (QED) is 0.632. The Morgan fingerprint density at radius 3 is 2.48 bits per heavy atom. The van der Waals surface area contributed by atoms with E-state index >= 15 is 0 Å². The first-order valence-electron chi connectivity index (χ1n) is 7.00. The minimum atomic E-state index is -0.653. The fraction of sp³-hybridized carbons (Fsp3) is 0.188. The van der Waals surface area contributed by atoms with Crippen molar-refractivity contribution in [1.29, 1.82) is 0 Å². The van der Waals surface area contributed by atoms with Crippen molar-refractivity contribution in [2.45, 2.75) is 13.3 Å². The number of nitro benzene ring substituents is 1. The van der Waals surface area contributed by atoms with Crippen LogP contribution in [-0.4, -0.2) is 17.4 Å². The van der Waals surface area contributed by atoms with Gasteiger partial charge in [0.1, 0.15) is 0 Å². The Bertz CT molecular complexity index is 717. The zero-order chi connectivity index (χ0) is 16.8. The van der Waals surface area contributed by atoms with Crippen LogP contribution >= 0.6 is 0 Å². The standard InChI is InChI=1S/C16H16FN3O3/c1-11(21)19-13-4-2-12(3-5-13)8-9-18-16-7-6-14(20(22)23)10-15(16)17/h2-7,10,18H,8-9H2,1H3,(H,19,21). The summed E-state index contributed by atoms with van der Waals surface area (Å²) >= 11 is 0. The van der Waals surface area contributed by atoms with E-state index in [1.165, 1.54) is 19.1 Å². The Balaban J connectivity index is 1.89. The van der Waals surface area contributed by atoms with E-state index in [1.54, 1.807) is 12.1 Å². The van der Waals surface area contributed by atoms with E-state index in [0.717, 1.165) is 17.3 Å². The van der Waals surface area contributed by atoms with E-state index in [0.29, 0.717) is 13.0 Å². The molecule has 0 radical (unpaired) electrons. The van der Waals surface area contributed by atoms with Gasteiger partial charge in [0, 0.05) is 25.2 Å². The van der Waals surface area contributed by atoms with Crippen molar-refractivity contribution >= 4 is 23.0 Å². The smallest absolute Gasteiger partial charge is 0.272 e. The maximum Gasteiger partial charge on any atom is 0.272 e. The van der Waals surface area contributed by atoms with Crippen molar-refractivity contribution in [3.05, 3.63) is 64.0 Å². The van der Waals surface area contributed by atoms with Gasteiger partial charge in [-0.15, -0.1) is 0 Å². The monoisotopic (exact) mass is 317 g/mol. The molecule has 0 unspecified atom stereocenters. The number of hydrogen-bond donors (Lipinski definition) is 2. The van der Waals surface area contributed by atoms with E-state index in [2.05, 4.69) is 10.6 Å². The fourth-order valence-corrected chi connectivity index (χ4v) is 2.06. The molecular formula is C16H16FN3O3. The molecular weight excluding hydrogens is 301 g/mol. The molecule has 120 valence electrons. The van der Waals surface area contributed by atoms with Gasteiger partial charge in [-0.25, -0.2) is 4.39 Å². The van der Waals surface area contributed by atoms with Crippen molar-refractivity contribution < 1.29 is 14.1 Å². The average Bonchev–Trinajstić information content (AvgIpc) is 2.50. The highest BCUT2D eigenvalue weighted by atomic mass is 19.1. The molecule has 23 heavy (non-hydrogen) atoms. The number of anilines is 2. The largest absolute Gasteiger partial charge is 0.382 e. The van der Waals surface area contributed by atoms with Gasteiger partial charge in [-0.3, -0.25) is 14.9 Å². The molecule has 2 aromatic rings. The summed E-state index contributed by atoms with van der Waals surface area (Å²) in [6.07, 6.45) is 0.650. The fourth-order valence-electron chi connectivity index (χ4n) is 2.06. The van der Waals surface area contributed by atoms with Gasteiger partial charge in [-0.2, -0.15) is 0 Å². The Morgan fingerprint density at radius 2 is 1.91 bits per heavy atom. The number of amides is 1. The predicted octanol–water partition coefficient (Wildman–Crippen LogP) is 3.35. The summed E-state index contributed by atoms with van der Waals surface area (Å²) in [7, 11) is 0. The van der Waals surface area contributed by atoms with Gasteiger partial charge in [-0.1, -0.05) is 12.1 Å². The molecule has 0 spiro atoms. The summed E-state index contributed by atoms with van der Waals surface area (Å²) in [4.78, 5) is 20.8. The molecule has 0 bridgehead atoms. The highest BCUT2D eigenvalue weighted by Gasteiger charge is 2.10. The summed E-state index contributed by atoms with van der Waals surface area (Å²) in [6, 6.07) is 10.8. The maximum absolute atomic E-state index is 13.7. The van der Waals surface area contributed by atoms with E-state index in [4.69, 9.17) is 0 Å². The molecule has 0 aliphatic carbocycles. The van der Waals surface area contributed by atoms with Gasteiger partial charge in [0.25, 0.3) is 5.69 Å². The molecule has 2 rings (SSSR count). The molecule has 0 saturated heterocycles. The molecule has 6 nitrogen and oxygen atoms in total. The van der Waals surface area contributed by atoms with Crippen molar-refractivity contribution in [2.24, 2.45) is 0 Å². The Morgan fingerprint density at radius 1 is 1.22 bits per heavy atom. The van der Waals surface area contributed by atoms with Crippen LogP contribution in [0.15, 0.2) is 42.5 Å². The van der Waals surface area contributed by atoms with Gasteiger partial charge in [0.05, 0.1) is 16.7 Å². The topological polar surface area (TPSA) is 84.3 Å². The van der Waals surface area contributed by atoms with Crippen LogP contribution in [0.25, 0.3) is 0 Å². The first-order valence-corrected chi connectivity index (χ1v) is 7.00. The predicted molar refractivity (Wildman–Crippen MR) is 86.0 cm³/mol. The lowest BCUT2D eigenvalue weighted by Crippen LogP contribution is -2.07. The number of nitro groups is 1. The number of nitrogens with zero attached hydrogens (tertiary/aromatic N) is 1. The summed E-state index contributed by atoms with van der Waals surface area (Å²) < 4.78 is 13.7. The van der Waals surface area contributed by atoms with Crippen LogP contribution in [0.2, 0.25) is 0 Å². The number of nitrogens with one attached hydrogen (secondary N) is 2. The molecule has 0 atom stereocenters. The molecule has 0 saturated carbocycles. The number of benzene rings is 2. The molecule has 0 aliphatic heterocycles. The first kappa shape index (κ1) is 16.4. The van der Waals surface area contributed by atoms with Crippen LogP contribution in [0.3, 0.4) is 0 Å². The zero-order valence-electron chi connectivity index (χ0n) is 12.5. The average molecular weight is 317 g/mol. The second-order valence-electron chi connectivity index (χ2n) is 4.98. The molecule has 0 heterocycles. The molecule has 7 heteroatoms. The number of halogens is 1. The normalized spacial score (nSPS) is 10.2. The molecule has 0 aromatic heterocycles.